The van der Waals surface area contributed by atoms with Crippen molar-refractivity contribution < 1.29 is 0 Å². The lowest BCUT2D eigenvalue weighted by molar-refractivity contribution is 1.12. The van der Waals surface area contributed by atoms with Crippen LogP contribution in [0, 0.1) is 13.8 Å². The van der Waals surface area contributed by atoms with Gasteiger partial charge in [-0.05, 0) is 58.5 Å². The van der Waals surface area contributed by atoms with Gasteiger partial charge in [-0.1, -0.05) is 49.4 Å². The van der Waals surface area contributed by atoms with Crippen molar-refractivity contribution in [1.82, 2.24) is 0 Å². The summed E-state index contributed by atoms with van der Waals surface area (Å²) in [5.41, 5.74) is 4.27. The number of hydrogen-bond acceptors (Lipinski definition) is 0. The Hall–Kier alpha value is -1.82. The Kier molecular flexibility index (Phi) is 2.59. The largest absolute Gasteiger partial charge is 0.0614 e. The van der Waals surface area contributed by atoms with Crippen LogP contribution >= 0.6 is 0 Å². The first-order chi connectivity index (χ1) is 8.72. The summed E-state index contributed by atoms with van der Waals surface area (Å²) in [5.74, 6) is 0. The first kappa shape index (κ1) is 11.3. The Morgan fingerprint density at radius 3 is 2.17 bits per heavy atom. The fourth-order valence-electron chi connectivity index (χ4n) is 2.98. The van der Waals surface area contributed by atoms with Crippen LogP contribution in [0.5, 0.6) is 0 Å². The zero-order valence-electron chi connectivity index (χ0n) is 11.2. The molecule has 0 nitrogen and oxygen atoms in total. The van der Waals surface area contributed by atoms with E-state index in [4.69, 9.17) is 0 Å². The summed E-state index contributed by atoms with van der Waals surface area (Å²) >= 11 is 0. The molecule has 0 spiro atoms. The van der Waals surface area contributed by atoms with Crippen LogP contribution in [0.25, 0.3) is 21.5 Å². The van der Waals surface area contributed by atoms with Gasteiger partial charge in [0.05, 0.1) is 0 Å². The molecule has 0 saturated carbocycles. The number of rotatable bonds is 1. The van der Waals surface area contributed by atoms with Crippen LogP contribution in [0.4, 0.5) is 0 Å². The maximum Gasteiger partial charge on any atom is -0.00707 e. The number of benzene rings is 3. The number of hydrogen-bond donors (Lipinski definition) is 0. The van der Waals surface area contributed by atoms with Crippen molar-refractivity contribution in [2.24, 2.45) is 0 Å². The third-order valence-corrected chi connectivity index (χ3v) is 3.99. The van der Waals surface area contributed by atoms with Crippen molar-refractivity contribution >= 4 is 21.5 Å². The minimum Gasteiger partial charge on any atom is -0.0614 e. The van der Waals surface area contributed by atoms with Crippen LogP contribution < -0.4 is 0 Å². The first-order valence-corrected chi connectivity index (χ1v) is 6.63. The highest BCUT2D eigenvalue weighted by Gasteiger charge is 2.07. The molecule has 0 N–H and O–H groups in total. The second-order valence-corrected chi connectivity index (χ2v) is 5.04. The summed E-state index contributed by atoms with van der Waals surface area (Å²) in [6, 6.07) is 15.6. The lowest BCUT2D eigenvalue weighted by Gasteiger charge is -2.12. The molecule has 0 bridgehead atoms. The van der Waals surface area contributed by atoms with Crippen molar-refractivity contribution in [2.75, 3.05) is 0 Å². The highest BCUT2D eigenvalue weighted by molar-refractivity contribution is 6.10. The maximum atomic E-state index is 2.27. The van der Waals surface area contributed by atoms with Crippen LogP contribution in [-0.2, 0) is 6.42 Å². The molecule has 0 amide bonds. The minimum atomic E-state index is 1.10. The van der Waals surface area contributed by atoms with Gasteiger partial charge in [-0.25, -0.2) is 0 Å². The van der Waals surface area contributed by atoms with Gasteiger partial charge in [0.2, 0.25) is 0 Å². The van der Waals surface area contributed by atoms with Gasteiger partial charge in [0.25, 0.3) is 0 Å². The molecule has 0 fully saturated rings. The molecule has 18 heavy (non-hydrogen) atoms. The van der Waals surface area contributed by atoms with Gasteiger partial charge >= 0.3 is 0 Å². The molecule has 0 saturated heterocycles. The van der Waals surface area contributed by atoms with Crippen LogP contribution in [-0.4, -0.2) is 0 Å². The van der Waals surface area contributed by atoms with Crippen LogP contribution in [0.3, 0.4) is 0 Å². The maximum absolute atomic E-state index is 2.27. The van der Waals surface area contributed by atoms with Gasteiger partial charge in [0, 0.05) is 0 Å². The Morgan fingerprint density at radius 2 is 1.44 bits per heavy atom. The average Bonchev–Trinajstić information content (AvgIpc) is 2.39. The van der Waals surface area contributed by atoms with Crippen molar-refractivity contribution in [3.63, 3.8) is 0 Å². The fraction of sp³-hybridized carbons (Fsp3) is 0.222. The topological polar surface area (TPSA) is 0 Å². The van der Waals surface area contributed by atoms with Gasteiger partial charge in [-0.3, -0.25) is 0 Å². The lowest BCUT2D eigenvalue weighted by Crippen LogP contribution is -1.90. The normalized spacial score (nSPS) is 11.3. The van der Waals surface area contributed by atoms with E-state index in [1.165, 1.54) is 38.2 Å². The summed E-state index contributed by atoms with van der Waals surface area (Å²) in [5, 5.41) is 5.55. The predicted molar refractivity (Wildman–Crippen MR) is 80.3 cm³/mol. The molecule has 3 rings (SSSR count). The van der Waals surface area contributed by atoms with E-state index in [-0.39, 0.29) is 0 Å². The summed E-state index contributed by atoms with van der Waals surface area (Å²) in [4.78, 5) is 0. The molecular formula is C18H18. The summed E-state index contributed by atoms with van der Waals surface area (Å²) in [7, 11) is 0. The number of fused-ring (bicyclic) bond motifs is 3. The van der Waals surface area contributed by atoms with E-state index in [9.17, 15) is 0 Å². The second kappa shape index (κ2) is 4.13. The highest BCUT2D eigenvalue weighted by Crippen LogP contribution is 2.32. The lowest BCUT2D eigenvalue weighted by atomic mass is 9.92. The molecule has 3 aromatic carbocycles. The van der Waals surface area contributed by atoms with Crippen molar-refractivity contribution in [3.8, 4) is 0 Å². The zero-order valence-corrected chi connectivity index (χ0v) is 11.2. The molecule has 0 unspecified atom stereocenters. The molecule has 0 atom stereocenters. The summed E-state index contributed by atoms with van der Waals surface area (Å²) in [6.45, 7) is 6.69. The Labute approximate surface area is 108 Å². The fourth-order valence-corrected chi connectivity index (χ4v) is 2.98. The van der Waals surface area contributed by atoms with E-state index >= 15 is 0 Å². The molecule has 90 valence electrons. The van der Waals surface area contributed by atoms with Gasteiger partial charge in [-0.15, -0.1) is 0 Å². The van der Waals surface area contributed by atoms with E-state index in [0.717, 1.165) is 6.42 Å². The van der Waals surface area contributed by atoms with E-state index in [1.54, 1.807) is 0 Å². The average molecular weight is 234 g/mol. The summed E-state index contributed by atoms with van der Waals surface area (Å²) < 4.78 is 0. The minimum absolute atomic E-state index is 1.10. The number of aryl methyl sites for hydroxylation is 3. The molecule has 0 heterocycles. The first-order valence-electron chi connectivity index (χ1n) is 6.63. The van der Waals surface area contributed by atoms with Crippen LogP contribution in [0.15, 0.2) is 42.5 Å². The Balaban J connectivity index is 2.59. The van der Waals surface area contributed by atoms with E-state index in [1.807, 2.05) is 0 Å². The van der Waals surface area contributed by atoms with Crippen molar-refractivity contribution in [1.29, 1.82) is 0 Å². The van der Waals surface area contributed by atoms with Gasteiger partial charge in [-0.2, -0.15) is 0 Å². The van der Waals surface area contributed by atoms with Gasteiger partial charge < -0.3 is 0 Å². The van der Waals surface area contributed by atoms with E-state index < -0.39 is 0 Å². The molecule has 3 aromatic rings. The Bertz CT molecular complexity index is 736. The van der Waals surface area contributed by atoms with Gasteiger partial charge in [0.15, 0.2) is 0 Å². The zero-order chi connectivity index (χ0) is 12.7. The standard InChI is InChI=1S/C18H18/c1-4-14-8-9-16-11-10-15-7-5-6-12(2)17(15)18(16)13(14)3/h5-11H,4H2,1-3H3. The monoisotopic (exact) mass is 234 g/mol. The molecule has 0 heteroatoms. The smallest absolute Gasteiger partial charge is 0.00707 e. The second-order valence-electron chi connectivity index (χ2n) is 5.04. The molecule has 0 aliphatic carbocycles. The molecule has 0 aliphatic heterocycles. The van der Waals surface area contributed by atoms with Crippen LogP contribution in [0.2, 0.25) is 0 Å². The third kappa shape index (κ3) is 1.53. The van der Waals surface area contributed by atoms with Crippen LogP contribution in [0.1, 0.15) is 23.6 Å². The summed E-state index contributed by atoms with van der Waals surface area (Å²) in [6.07, 6.45) is 1.10. The molecule has 0 aromatic heterocycles. The van der Waals surface area contributed by atoms with Gasteiger partial charge in [0.1, 0.15) is 0 Å². The third-order valence-electron chi connectivity index (χ3n) is 3.99. The Morgan fingerprint density at radius 1 is 0.778 bits per heavy atom. The molecular weight excluding hydrogens is 216 g/mol. The quantitative estimate of drug-likeness (QED) is 0.509. The van der Waals surface area contributed by atoms with Crippen molar-refractivity contribution in [3.05, 3.63) is 59.2 Å². The van der Waals surface area contributed by atoms with Crippen molar-refractivity contribution in [2.45, 2.75) is 27.2 Å². The molecule has 0 aliphatic rings. The predicted octanol–water partition coefficient (Wildman–Crippen LogP) is 5.17. The van der Waals surface area contributed by atoms with E-state index in [0.29, 0.717) is 0 Å². The SMILES string of the molecule is CCc1ccc2ccc3cccc(C)c3c2c1C. The van der Waals surface area contributed by atoms with E-state index in [2.05, 4.69) is 63.2 Å². The molecule has 0 radical (unpaired) electrons. The highest BCUT2D eigenvalue weighted by atomic mass is 14.1.